The number of hydrogen-bond acceptors (Lipinski definition) is 3. The number of aromatic nitrogens is 2. The Hall–Kier alpha value is -1.38. The third kappa shape index (κ3) is 1.44. The third-order valence-corrected chi connectivity index (χ3v) is 1.45. The van der Waals surface area contributed by atoms with Crippen LogP contribution < -0.4 is 0 Å². The van der Waals surface area contributed by atoms with E-state index in [9.17, 15) is 0 Å². The Bertz CT molecular complexity index is 354. The Morgan fingerprint density at radius 2 is 2.08 bits per heavy atom. The first-order chi connectivity index (χ1) is 5.88. The van der Waals surface area contributed by atoms with Gasteiger partial charge in [-0.25, -0.2) is 0 Å². The second-order valence-electron chi connectivity index (χ2n) is 2.14. The average molecular weight is 164 g/mol. The summed E-state index contributed by atoms with van der Waals surface area (Å²) < 4.78 is 4.96. The maximum Gasteiger partial charge on any atom is 0.170 e. The van der Waals surface area contributed by atoms with Gasteiger partial charge in [-0.2, -0.15) is 0 Å². The van der Waals surface area contributed by atoms with Gasteiger partial charge in [0.2, 0.25) is 0 Å². The van der Waals surface area contributed by atoms with Crippen molar-refractivity contribution in [1.82, 2.24) is 10.1 Å². The molecular weight excluding hydrogens is 152 g/mol. The Kier molecular flexibility index (Phi) is 2.80. The van der Waals surface area contributed by atoms with E-state index in [0.29, 0.717) is 0 Å². The van der Waals surface area contributed by atoms with Crippen LogP contribution in [0.15, 0.2) is 23.0 Å². The summed E-state index contributed by atoms with van der Waals surface area (Å²) in [6.45, 7) is 5.90. The molecule has 0 aliphatic heterocycles. The molecule has 0 aliphatic carbocycles. The zero-order valence-electron chi connectivity index (χ0n) is 7.53. The van der Waals surface area contributed by atoms with E-state index in [1.807, 2.05) is 20.8 Å². The highest BCUT2D eigenvalue weighted by atomic mass is 16.5. The minimum Gasteiger partial charge on any atom is -0.356 e. The monoisotopic (exact) mass is 164 g/mol. The summed E-state index contributed by atoms with van der Waals surface area (Å²) in [6, 6.07) is 1.80. The molecule has 0 aromatic carbocycles. The first-order valence-electron chi connectivity index (χ1n) is 4.04. The fourth-order valence-corrected chi connectivity index (χ4v) is 0.900. The molecule has 0 bridgehead atoms. The number of fused-ring (bicyclic) bond motifs is 1. The molecule has 3 nitrogen and oxygen atoms in total. The van der Waals surface area contributed by atoms with E-state index in [1.165, 1.54) is 0 Å². The van der Waals surface area contributed by atoms with Crippen LogP contribution in [0, 0.1) is 6.92 Å². The molecule has 0 atom stereocenters. The predicted molar refractivity (Wildman–Crippen MR) is 47.9 cm³/mol. The molecule has 2 aromatic heterocycles. The molecule has 0 spiro atoms. The zero-order chi connectivity index (χ0) is 8.97. The average Bonchev–Trinajstić information content (AvgIpc) is 2.53. The number of aryl methyl sites for hydroxylation is 1. The van der Waals surface area contributed by atoms with Crippen molar-refractivity contribution in [3.05, 3.63) is 24.2 Å². The van der Waals surface area contributed by atoms with Gasteiger partial charge in [0.05, 0.1) is 11.1 Å². The number of hydrogen-bond donors (Lipinski definition) is 0. The highest BCUT2D eigenvalue weighted by molar-refractivity contribution is 5.77. The molecule has 0 N–H and O–H groups in total. The minimum absolute atomic E-state index is 0.799. The van der Waals surface area contributed by atoms with E-state index in [2.05, 4.69) is 10.1 Å². The molecule has 2 aromatic rings. The maximum atomic E-state index is 4.96. The van der Waals surface area contributed by atoms with Gasteiger partial charge in [-0.15, -0.1) is 0 Å². The SMILES string of the molecule is CC.Cc1noc2ccncc12. The van der Waals surface area contributed by atoms with Crippen molar-refractivity contribution in [3.63, 3.8) is 0 Å². The molecule has 12 heavy (non-hydrogen) atoms. The van der Waals surface area contributed by atoms with Gasteiger partial charge in [-0.05, 0) is 6.92 Å². The number of nitrogens with zero attached hydrogens (tertiary/aromatic N) is 2. The van der Waals surface area contributed by atoms with Crippen LogP contribution in [-0.2, 0) is 0 Å². The molecule has 2 rings (SSSR count). The summed E-state index contributed by atoms with van der Waals surface area (Å²) in [6.07, 6.45) is 3.44. The van der Waals surface area contributed by atoms with Gasteiger partial charge in [0.1, 0.15) is 0 Å². The van der Waals surface area contributed by atoms with Gasteiger partial charge in [0.15, 0.2) is 5.58 Å². The van der Waals surface area contributed by atoms with Crippen LogP contribution in [0.4, 0.5) is 0 Å². The molecule has 0 amide bonds. The molecule has 0 fully saturated rings. The number of rotatable bonds is 0. The quantitative estimate of drug-likeness (QED) is 0.600. The van der Waals surface area contributed by atoms with Crippen LogP contribution in [0.25, 0.3) is 11.0 Å². The van der Waals surface area contributed by atoms with Gasteiger partial charge < -0.3 is 4.52 Å². The van der Waals surface area contributed by atoms with Crippen molar-refractivity contribution >= 4 is 11.0 Å². The topological polar surface area (TPSA) is 38.9 Å². The highest BCUT2D eigenvalue weighted by Crippen LogP contribution is 2.14. The van der Waals surface area contributed by atoms with Crippen molar-refractivity contribution in [2.24, 2.45) is 0 Å². The van der Waals surface area contributed by atoms with Crippen LogP contribution in [-0.4, -0.2) is 10.1 Å². The molecule has 3 heteroatoms. The minimum atomic E-state index is 0.799. The van der Waals surface area contributed by atoms with Gasteiger partial charge in [0, 0.05) is 18.5 Å². The summed E-state index contributed by atoms with van der Waals surface area (Å²) in [5, 5.41) is 4.77. The fourth-order valence-electron chi connectivity index (χ4n) is 0.900. The van der Waals surface area contributed by atoms with Crippen LogP contribution in [0.1, 0.15) is 19.5 Å². The normalized spacial score (nSPS) is 9.25. The van der Waals surface area contributed by atoms with E-state index in [-0.39, 0.29) is 0 Å². The zero-order valence-corrected chi connectivity index (χ0v) is 7.53. The summed E-state index contributed by atoms with van der Waals surface area (Å²) >= 11 is 0. The van der Waals surface area contributed by atoms with Gasteiger partial charge >= 0.3 is 0 Å². The van der Waals surface area contributed by atoms with Gasteiger partial charge in [0.25, 0.3) is 0 Å². The first kappa shape index (κ1) is 8.71. The van der Waals surface area contributed by atoms with E-state index in [1.54, 1.807) is 18.5 Å². The van der Waals surface area contributed by atoms with Crippen molar-refractivity contribution in [3.8, 4) is 0 Å². The lowest BCUT2D eigenvalue weighted by Gasteiger charge is -1.81. The molecule has 0 saturated heterocycles. The van der Waals surface area contributed by atoms with Crippen LogP contribution in [0.2, 0.25) is 0 Å². The summed E-state index contributed by atoms with van der Waals surface area (Å²) in [5.41, 5.74) is 1.69. The van der Waals surface area contributed by atoms with E-state index in [4.69, 9.17) is 4.52 Å². The lowest BCUT2D eigenvalue weighted by Crippen LogP contribution is -1.70. The summed E-state index contributed by atoms with van der Waals surface area (Å²) in [4.78, 5) is 3.95. The van der Waals surface area contributed by atoms with Crippen LogP contribution in [0.5, 0.6) is 0 Å². The Labute approximate surface area is 71.4 Å². The lowest BCUT2D eigenvalue weighted by molar-refractivity contribution is 0.450. The van der Waals surface area contributed by atoms with Gasteiger partial charge in [-0.3, -0.25) is 4.98 Å². The third-order valence-electron chi connectivity index (χ3n) is 1.45. The largest absolute Gasteiger partial charge is 0.356 e. The van der Waals surface area contributed by atoms with Crippen LogP contribution in [0.3, 0.4) is 0 Å². The Morgan fingerprint density at radius 3 is 2.75 bits per heavy atom. The summed E-state index contributed by atoms with van der Waals surface area (Å²) in [7, 11) is 0. The number of pyridine rings is 1. The molecule has 2 heterocycles. The second kappa shape index (κ2) is 3.85. The molecule has 0 aliphatic rings. The van der Waals surface area contributed by atoms with E-state index >= 15 is 0 Å². The maximum absolute atomic E-state index is 4.96. The molecule has 64 valence electrons. The van der Waals surface area contributed by atoms with Crippen molar-refractivity contribution in [1.29, 1.82) is 0 Å². The summed E-state index contributed by atoms with van der Waals surface area (Å²) in [5.74, 6) is 0. The molecule has 0 saturated carbocycles. The van der Waals surface area contributed by atoms with E-state index in [0.717, 1.165) is 16.7 Å². The van der Waals surface area contributed by atoms with Crippen molar-refractivity contribution in [2.75, 3.05) is 0 Å². The second-order valence-corrected chi connectivity index (χ2v) is 2.14. The highest BCUT2D eigenvalue weighted by Gasteiger charge is 2.00. The first-order valence-corrected chi connectivity index (χ1v) is 4.04. The molecular formula is C9H12N2O. The molecule has 0 unspecified atom stereocenters. The lowest BCUT2D eigenvalue weighted by atomic mass is 10.3. The van der Waals surface area contributed by atoms with Crippen LogP contribution >= 0.6 is 0 Å². The molecule has 0 radical (unpaired) electrons. The Morgan fingerprint density at radius 1 is 1.33 bits per heavy atom. The smallest absolute Gasteiger partial charge is 0.170 e. The van der Waals surface area contributed by atoms with Crippen molar-refractivity contribution < 1.29 is 4.52 Å². The Balaban J connectivity index is 0.000000336. The van der Waals surface area contributed by atoms with Crippen molar-refractivity contribution in [2.45, 2.75) is 20.8 Å². The standard InChI is InChI=1S/C7H6N2O.C2H6/c1-5-6-4-8-3-2-7(6)10-9-5;1-2/h2-4H,1H3;1-2H3. The van der Waals surface area contributed by atoms with E-state index < -0.39 is 0 Å². The fraction of sp³-hybridized carbons (Fsp3) is 0.333. The van der Waals surface area contributed by atoms with Gasteiger partial charge in [-0.1, -0.05) is 19.0 Å². The predicted octanol–water partition coefficient (Wildman–Crippen LogP) is 2.56.